The molecule has 104 valence electrons. The summed E-state index contributed by atoms with van der Waals surface area (Å²) >= 11 is 0. The second-order valence-corrected chi connectivity index (χ2v) is 4.02. The summed E-state index contributed by atoms with van der Waals surface area (Å²) in [6.07, 6.45) is 0. The molecule has 0 bridgehead atoms. The fourth-order valence-electron chi connectivity index (χ4n) is 0. The topological polar surface area (TPSA) is 259 Å². The van der Waals surface area contributed by atoms with Gasteiger partial charge in [0.25, 0.3) is 0 Å². The van der Waals surface area contributed by atoms with Crippen molar-refractivity contribution in [1.29, 1.82) is 0 Å². The maximum Gasteiger partial charge on any atom is 5.00 e. The normalized spacial score (nSPS) is 9.83. The molecule has 0 aromatic carbocycles. The molecular weight excluding hydrogens is 599 g/mol. The quantitative estimate of drug-likeness (QED) is 0.186. The number of rotatable bonds is 0. The third-order valence-electron chi connectivity index (χ3n) is 0. The van der Waals surface area contributed by atoms with Gasteiger partial charge in [0.05, 0.1) is 0 Å². The van der Waals surface area contributed by atoms with Gasteiger partial charge in [-0.3, -0.25) is 0 Å². The van der Waals surface area contributed by atoms with E-state index in [-0.39, 0.29) is 62.9 Å². The Labute approximate surface area is 143 Å². The van der Waals surface area contributed by atoms with Gasteiger partial charge in [-0.25, -0.2) is 0 Å². The van der Waals surface area contributed by atoms with Crippen LogP contribution in [-0.4, -0.2) is 27.3 Å². The van der Waals surface area contributed by atoms with Crippen LogP contribution in [0, 0.1) is 0 Å². The summed E-state index contributed by atoms with van der Waals surface area (Å²) in [5.74, 6) is 0. The van der Waals surface area contributed by atoms with Crippen LogP contribution in [-0.2, 0) is 49.3 Å². The van der Waals surface area contributed by atoms with E-state index in [1.807, 2.05) is 0 Å². The van der Waals surface area contributed by atoms with E-state index < -0.39 is 23.5 Å². The van der Waals surface area contributed by atoms with E-state index in [9.17, 15) is 0 Å². The van der Waals surface area contributed by atoms with Gasteiger partial charge in [0.2, 0.25) is 0 Å². The molecule has 0 spiro atoms. The van der Waals surface area contributed by atoms with E-state index in [1.165, 1.54) is 0 Å². The largest absolute Gasteiger partial charge is 5.00 e. The molecule has 0 aliphatic carbocycles. The zero-order chi connectivity index (χ0) is 13.5. The van der Waals surface area contributed by atoms with Crippen molar-refractivity contribution in [2.24, 2.45) is 0 Å². The van der Waals surface area contributed by atoms with Crippen LogP contribution in [0.5, 0.6) is 0 Å². The van der Waals surface area contributed by atoms with Crippen LogP contribution in [0.25, 0.3) is 0 Å². The van der Waals surface area contributed by atoms with E-state index >= 15 is 0 Å². The average Bonchev–Trinajstić information content (AvgIpc) is 1.41. The molecule has 0 N–H and O–H groups in total. The summed E-state index contributed by atoms with van der Waals surface area (Å²) in [7, 11) is -16.2. The van der Waals surface area contributed by atoms with E-state index in [2.05, 4.69) is 0 Å². The van der Waals surface area contributed by atoms with Gasteiger partial charge in [0, 0.05) is 0 Å². The van der Waals surface area contributed by atoms with Crippen molar-refractivity contribution in [2.45, 2.75) is 0 Å². The van der Waals surface area contributed by atoms with Crippen LogP contribution in [0.4, 0.5) is 0 Å². The Morgan fingerprint density at radius 2 is 0.500 bits per heavy atom. The van der Waals surface area contributed by atoms with Crippen molar-refractivity contribution in [3.8, 4) is 0 Å². The Morgan fingerprint density at radius 1 is 0.500 bits per heavy atom. The molecule has 0 aromatic rings. The monoisotopic (exact) mass is 600 g/mol. The molecule has 18 heavy (non-hydrogen) atoms. The Balaban J connectivity index is -0.0000000277. The van der Waals surface area contributed by atoms with Gasteiger partial charge in [-0.15, -0.1) is 0 Å². The Kier molecular flexibility index (Phi) is 32.4. The van der Waals surface area contributed by atoms with Crippen LogP contribution < -0.4 is 44.0 Å². The second kappa shape index (κ2) is 15.7. The molecule has 2 radical (unpaired) electrons. The first-order valence-electron chi connectivity index (χ1n) is 2.19. The predicted molar refractivity (Wildman–Crippen MR) is 28.6 cm³/mol. The average molecular weight is 599 g/mol. The summed E-state index contributed by atoms with van der Waals surface area (Å²) in [4.78, 5) is 76.9. The van der Waals surface area contributed by atoms with Gasteiger partial charge < -0.3 is 57.7 Å². The number of phosphoric acid groups is 3. The Morgan fingerprint density at radius 3 is 0.500 bits per heavy atom. The summed E-state index contributed by atoms with van der Waals surface area (Å²) in [5.41, 5.74) is 0. The van der Waals surface area contributed by atoms with Crippen LogP contribution in [0.2, 0.25) is 0 Å². The van der Waals surface area contributed by atoms with Crippen molar-refractivity contribution < 1.29 is 93.4 Å². The molecule has 18 heteroatoms. The van der Waals surface area contributed by atoms with Gasteiger partial charge >= 0.3 is 62.9 Å². The SMILES string of the molecule is O=P([O-])([O-])[O-].O=P([O-])([O-])[O-].O=P([O-])([O-])[O-].[Fe+2].[Pb+2].[V+5]. The molecule has 0 atom stereocenters. The summed E-state index contributed by atoms with van der Waals surface area (Å²) in [6.45, 7) is 0. The third-order valence-corrected chi connectivity index (χ3v) is 0. The number of hydrogen-bond acceptors (Lipinski definition) is 12. The van der Waals surface area contributed by atoms with Gasteiger partial charge in [-0.05, 0) is 0 Å². The van der Waals surface area contributed by atoms with Crippen LogP contribution in [0.3, 0.4) is 0 Å². The van der Waals surface area contributed by atoms with Gasteiger partial charge in [0.1, 0.15) is 0 Å². The first-order chi connectivity index (χ1) is 6.00. The zero-order valence-corrected chi connectivity index (χ0v) is 16.6. The smallest absolute Gasteiger partial charge is 0.822 e. The van der Waals surface area contributed by atoms with Crippen molar-refractivity contribution in [3.63, 3.8) is 0 Å². The van der Waals surface area contributed by atoms with Crippen LogP contribution in [0.1, 0.15) is 0 Å². The fraction of sp³-hybridized carbons (Fsp3) is 0. The summed E-state index contributed by atoms with van der Waals surface area (Å²) < 4.78 is 25.6. The Bertz CT molecular complexity index is 213. The molecule has 0 amide bonds. The van der Waals surface area contributed by atoms with Gasteiger partial charge in [0.15, 0.2) is 0 Å². The molecule has 0 unspecified atom stereocenters. The summed E-state index contributed by atoms with van der Waals surface area (Å²) in [5, 5.41) is 0. The minimum absolute atomic E-state index is 0. The van der Waals surface area contributed by atoms with Crippen molar-refractivity contribution >= 4 is 50.8 Å². The number of hydrogen-bond donors (Lipinski definition) is 0. The fourth-order valence-corrected chi connectivity index (χ4v) is 0. The molecule has 0 aromatic heterocycles. The zero-order valence-electron chi connectivity index (χ0n) is 7.54. The minimum atomic E-state index is -5.39. The Hall–Kier alpha value is 2.36. The first-order valence-corrected chi connectivity index (χ1v) is 6.57. The second-order valence-electron chi connectivity index (χ2n) is 1.34. The van der Waals surface area contributed by atoms with Crippen LogP contribution >= 0.6 is 23.5 Å². The van der Waals surface area contributed by atoms with Crippen molar-refractivity contribution in [1.82, 2.24) is 0 Å². The van der Waals surface area contributed by atoms with Crippen molar-refractivity contribution in [3.05, 3.63) is 0 Å². The van der Waals surface area contributed by atoms with E-state index in [0.29, 0.717) is 0 Å². The maximum absolute atomic E-state index is 8.55. The minimum Gasteiger partial charge on any atom is -0.822 e. The van der Waals surface area contributed by atoms with Crippen LogP contribution in [0.15, 0.2) is 0 Å². The van der Waals surface area contributed by atoms with E-state index in [0.717, 1.165) is 0 Å². The molecule has 0 heterocycles. The maximum atomic E-state index is 8.55. The third kappa shape index (κ3) is 996. The molecular formula is FeO12P3PbV. The molecule has 0 saturated heterocycles. The standard InChI is InChI=1S/Fe.3H3O4P.Pb.V/c;3*1-5(2,3)4;;/h;3*(H3,1,2,3,4);;/q+2;;;;+2;+5/p-9. The van der Waals surface area contributed by atoms with Gasteiger partial charge in [-0.1, -0.05) is 0 Å². The molecule has 0 saturated carbocycles. The first kappa shape index (κ1) is 37.0. The van der Waals surface area contributed by atoms with Gasteiger partial charge in [-0.2, -0.15) is 23.5 Å². The van der Waals surface area contributed by atoms with Crippen molar-refractivity contribution in [2.75, 3.05) is 0 Å². The molecule has 0 aliphatic heterocycles. The molecule has 0 aliphatic rings. The summed E-state index contributed by atoms with van der Waals surface area (Å²) in [6, 6.07) is 0. The van der Waals surface area contributed by atoms with E-state index in [1.54, 1.807) is 0 Å². The molecule has 0 rings (SSSR count). The van der Waals surface area contributed by atoms with E-state index in [4.69, 9.17) is 57.7 Å². The molecule has 12 nitrogen and oxygen atoms in total. The predicted octanol–water partition coefficient (Wildman–Crippen LogP) is -8.86. The molecule has 0 fully saturated rings.